The van der Waals surface area contributed by atoms with Gasteiger partial charge in [-0.15, -0.1) is 0 Å². The fraction of sp³-hybridized carbons (Fsp3) is 0.182. The smallest absolute Gasteiger partial charge is 0.395 e. The first-order valence-electron chi connectivity index (χ1n) is 9.34. The average molecular weight is 489 g/mol. The SMILES string of the molecule is O=C(c1cc(C(F)(F)F)cc(C(F)(F)F)c1)N(CCO)c1cnccc1-c1ccccc1Cl. The van der Waals surface area contributed by atoms with E-state index in [9.17, 15) is 36.2 Å². The second-order valence-corrected chi connectivity index (χ2v) is 7.25. The minimum absolute atomic E-state index is 0.0515. The summed E-state index contributed by atoms with van der Waals surface area (Å²) in [6.07, 6.45) is -7.63. The zero-order valence-corrected chi connectivity index (χ0v) is 17.3. The van der Waals surface area contributed by atoms with Crippen LogP contribution in [-0.4, -0.2) is 29.1 Å². The third kappa shape index (κ3) is 5.45. The molecule has 0 saturated carbocycles. The lowest BCUT2D eigenvalue weighted by atomic mass is 10.0. The number of aliphatic hydroxyl groups excluding tert-OH is 1. The Morgan fingerprint density at radius 3 is 2.09 bits per heavy atom. The van der Waals surface area contributed by atoms with Crippen LogP contribution in [0.3, 0.4) is 0 Å². The van der Waals surface area contributed by atoms with Gasteiger partial charge in [-0.2, -0.15) is 26.3 Å². The quantitative estimate of drug-likeness (QED) is 0.443. The van der Waals surface area contributed by atoms with Gasteiger partial charge in [-0.1, -0.05) is 29.8 Å². The molecule has 0 aliphatic heterocycles. The van der Waals surface area contributed by atoms with Crippen molar-refractivity contribution in [2.45, 2.75) is 12.4 Å². The highest BCUT2D eigenvalue weighted by Gasteiger charge is 2.38. The molecule has 174 valence electrons. The molecule has 1 N–H and O–H groups in total. The van der Waals surface area contributed by atoms with Crippen LogP contribution in [0.4, 0.5) is 32.0 Å². The molecule has 0 aliphatic rings. The van der Waals surface area contributed by atoms with Crippen molar-refractivity contribution in [3.63, 3.8) is 0 Å². The number of hydrogen-bond acceptors (Lipinski definition) is 3. The minimum atomic E-state index is -5.12. The second-order valence-electron chi connectivity index (χ2n) is 6.85. The van der Waals surface area contributed by atoms with Crippen molar-refractivity contribution in [3.05, 3.63) is 82.6 Å². The summed E-state index contributed by atoms with van der Waals surface area (Å²) in [7, 11) is 0. The Balaban J connectivity index is 2.17. The number of aromatic nitrogens is 1. The number of amides is 1. The van der Waals surface area contributed by atoms with E-state index in [1.165, 1.54) is 18.5 Å². The van der Waals surface area contributed by atoms with E-state index in [2.05, 4.69) is 4.98 Å². The van der Waals surface area contributed by atoms with Gasteiger partial charge in [0, 0.05) is 34.5 Å². The van der Waals surface area contributed by atoms with Crippen LogP contribution >= 0.6 is 11.6 Å². The van der Waals surface area contributed by atoms with Crippen molar-refractivity contribution in [2.75, 3.05) is 18.1 Å². The van der Waals surface area contributed by atoms with E-state index in [4.69, 9.17) is 11.6 Å². The molecular weight excluding hydrogens is 474 g/mol. The van der Waals surface area contributed by atoms with Crippen LogP contribution in [0.5, 0.6) is 0 Å². The number of pyridine rings is 1. The molecule has 0 fully saturated rings. The van der Waals surface area contributed by atoms with Gasteiger partial charge in [0.25, 0.3) is 5.91 Å². The van der Waals surface area contributed by atoms with Gasteiger partial charge >= 0.3 is 12.4 Å². The summed E-state index contributed by atoms with van der Waals surface area (Å²) in [6, 6.07) is 8.61. The maximum atomic E-state index is 13.2. The van der Waals surface area contributed by atoms with Gasteiger partial charge in [0.15, 0.2) is 0 Å². The van der Waals surface area contributed by atoms with Gasteiger partial charge in [0.2, 0.25) is 0 Å². The summed E-state index contributed by atoms with van der Waals surface area (Å²) < 4.78 is 79.5. The number of rotatable bonds is 5. The molecule has 3 rings (SSSR count). The summed E-state index contributed by atoms with van der Waals surface area (Å²) >= 11 is 6.23. The zero-order valence-electron chi connectivity index (χ0n) is 16.6. The van der Waals surface area contributed by atoms with E-state index in [1.807, 2.05) is 0 Å². The molecule has 11 heteroatoms. The molecule has 4 nitrogen and oxygen atoms in total. The third-order valence-electron chi connectivity index (χ3n) is 4.66. The summed E-state index contributed by atoms with van der Waals surface area (Å²) in [5, 5.41) is 9.77. The molecule has 3 aromatic rings. The summed E-state index contributed by atoms with van der Waals surface area (Å²) in [5.74, 6) is -1.18. The van der Waals surface area contributed by atoms with E-state index in [0.717, 1.165) is 4.90 Å². The van der Waals surface area contributed by atoms with Crippen LogP contribution in [-0.2, 0) is 12.4 Å². The molecule has 0 unspecified atom stereocenters. The Labute approximate surface area is 189 Å². The number of nitrogens with zero attached hydrogens (tertiary/aromatic N) is 2. The highest BCUT2D eigenvalue weighted by molar-refractivity contribution is 6.33. The first-order chi connectivity index (χ1) is 15.4. The maximum absolute atomic E-state index is 13.2. The molecule has 0 aliphatic carbocycles. The van der Waals surface area contributed by atoms with E-state index in [-0.39, 0.29) is 11.8 Å². The maximum Gasteiger partial charge on any atom is 0.416 e. The highest BCUT2D eigenvalue weighted by Crippen LogP contribution is 2.38. The predicted octanol–water partition coefficient (Wildman–Crippen LogP) is 6.08. The Morgan fingerprint density at radius 1 is 0.939 bits per heavy atom. The lowest BCUT2D eigenvalue weighted by molar-refractivity contribution is -0.143. The monoisotopic (exact) mass is 488 g/mol. The molecule has 33 heavy (non-hydrogen) atoms. The van der Waals surface area contributed by atoms with Crippen molar-refractivity contribution >= 4 is 23.2 Å². The number of carbonyl (C=O) groups is 1. The fourth-order valence-electron chi connectivity index (χ4n) is 3.17. The van der Waals surface area contributed by atoms with Crippen LogP contribution in [0.2, 0.25) is 5.02 Å². The number of carbonyl (C=O) groups excluding carboxylic acids is 1. The topological polar surface area (TPSA) is 53.4 Å². The first kappa shape index (κ1) is 24.5. The van der Waals surface area contributed by atoms with Gasteiger partial charge in [-0.3, -0.25) is 9.78 Å². The third-order valence-corrected chi connectivity index (χ3v) is 4.99. The number of halogens is 7. The van der Waals surface area contributed by atoms with Crippen molar-refractivity contribution in [1.29, 1.82) is 0 Å². The Hall–Kier alpha value is -3.11. The molecule has 2 aromatic carbocycles. The Bertz CT molecular complexity index is 1130. The Morgan fingerprint density at radius 2 is 1.55 bits per heavy atom. The fourth-order valence-corrected chi connectivity index (χ4v) is 3.41. The number of aliphatic hydroxyl groups is 1. The van der Waals surface area contributed by atoms with Crippen molar-refractivity contribution in [3.8, 4) is 11.1 Å². The standard InChI is InChI=1S/C22H15ClF6N2O2/c23-18-4-2-1-3-16(18)17-5-6-30-12-19(17)31(7-8-32)20(33)13-9-14(21(24,25)26)11-15(10-13)22(27,28)29/h1-6,9-12,32H,7-8H2. The molecule has 0 saturated heterocycles. The van der Waals surface area contributed by atoms with Crippen LogP contribution < -0.4 is 4.90 Å². The highest BCUT2D eigenvalue weighted by atomic mass is 35.5. The predicted molar refractivity (Wildman–Crippen MR) is 110 cm³/mol. The average Bonchev–Trinajstić information content (AvgIpc) is 2.76. The van der Waals surface area contributed by atoms with Crippen molar-refractivity contribution in [1.82, 2.24) is 4.98 Å². The number of alkyl halides is 6. The largest absolute Gasteiger partial charge is 0.416 e. The van der Waals surface area contributed by atoms with Gasteiger partial charge in [-0.05, 0) is 30.3 Å². The Kier molecular flexibility index (Phi) is 6.99. The van der Waals surface area contributed by atoms with E-state index < -0.39 is 48.1 Å². The molecule has 0 atom stereocenters. The van der Waals surface area contributed by atoms with Crippen LogP contribution in [0.1, 0.15) is 21.5 Å². The molecule has 1 heterocycles. The first-order valence-corrected chi connectivity index (χ1v) is 9.72. The van der Waals surface area contributed by atoms with Crippen molar-refractivity contribution in [2.24, 2.45) is 0 Å². The summed E-state index contributed by atoms with van der Waals surface area (Å²) in [5.41, 5.74) is -3.24. The van der Waals surface area contributed by atoms with Crippen molar-refractivity contribution < 1.29 is 36.2 Å². The van der Waals surface area contributed by atoms with Gasteiger partial charge in [0.05, 0.1) is 29.6 Å². The van der Waals surface area contributed by atoms with Gasteiger partial charge in [0.1, 0.15) is 0 Å². The zero-order chi connectivity index (χ0) is 24.4. The molecule has 0 spiro atoms. The number of hydrogen-bond donors (Lipinski definition) is 1. The van der Waals surface area contributed by atoms with Crippen LogP contribution in [0, 0.1) is 0 Å². The molecule has 1 aromatic heterocycles. The summed E-state index contributed by atoms with van der Waals surface area (Å²) in [4.78, 5) is 18.0. The number of anilines is 1. The van der Waals surface area contributed by atoms with E-state index in [1.54, 1.807) is 24.3 Å². The van der Waals surface area contributed by atoms with Crippen LogP contribution in [0.15, 0.2) is 60.9 Å². The normalized spacial score (nSPS) is 12.0. The summed E-state index contributed by atoms with van der Waals surface area (Å²) in [6.45, 7) is -1.03. The lowest BCUT2D eigenvalue weighted by Crippen LogP contribution is -2.34. The van der Waals surface area contributed by atoms with E-state index >= 15 is 0 Å². The van der Waals surface area contributed by atoms with E-state index in [0.29, 0.717) is 28.3 Å². The molecular formula is C22H15ClF6N2O2. The number of benzene rings is 2. The second kappa shape index (κ2) is 9.40. The van der Waals surface area contributed by atoms with Gasteiger partial charge in [-0.25, -0.2) is 0 Å². The molecule has 0 radical (unpaired) electrons. The van der Waals surface area contributed by atoms with Gasteiger partial charge < -0.3 is 10.0 Å². The van der Waals surface area contributed by atoms with Crippen LogP contribution in [0.25, 0.3) is 11.1 Å². The lowest BCUT2D eigenvalue weighted by Gasteiger charge is -2.25. The molecule has 0 bridgehead atoms. The molecule has 1 amide bonds. The minimum Gasteiger partial charge on any atom is -0.395 e.